The molecular formula is C16H21NO. The third-order valence-electron chi connectivity index (χ3n) is 3.14. The van der Waals surface area contributed by atoms with E-state index in [1.165, 1.54) is 23.1 Å². The first-order valence-electron chi connectivity index (χ1n) is 6.69. The minimum Gasteiger partial charge on any atom is -0.472 e. The van der Waals surface area contributed by atoms with Gasteiger partial charge in [0.1, 0.15) is 0 Å². The first kappa shape index (κ1) is 12.9. The van der Waals surface area contributed by atoms with Crippen LogP contribution < -0.4 is 5.32 Å². The molecule has 0 aliphatic rings. The van der Waals surface area contributed by atoms with Crippen molar-refractivity contribution in [1.29, 1.82) is 0 Å². The summed E-state index contributed by atoms with van der Waals surface area (Å²) in [4.78, 5) is 0. The van der Waals surface area contributed by atoms with Gasteiger partial charge in [-0.1, -0.05) is 44.5 Å². The maximum atomic E-state index is 5.19. The number of nitrogens with one attached hydrogen (secondary N) is 1. The summed E-state index contributed by atoms with van der Waals surface area (Å²) < 4.78 is 5.19. The topological polar surface area (TPSA) is 25.2 Å². The minimum absolute atomic E-state index is 0.226. The first-order valence-corrected chi connectivity index (χ1v) is 6.69. The number of aryl methyl sites for hydroxylation is 1. The molecular weight excluding hydrogens is 222 g/mol. The van der Waals surface area contributed by atoms with Crippen LogP contribution in [0.5, 0.6) is 0 Å². The van der Waals surface area contributed by atoms with Crippen LogP contribution in [0.1, 0.15) is 43.0 Å². The fraction of sp³-hybridized carbons (Fsp3) is 0.375. The molecule has 1 heterocycles. The normalized spacial score (nSPS) is 12.6. The number of hydrogen-bond acceptors (Lipinski definition) is 2. The van der Waals surface area contributed by atoms with Gasteiger partial charge in [-0.2, -0.15) is 0 Å². The summed E-state index contributed by atoms with van der Waals surface area (Å²) >= 11 is 0. The van der Waals surface area contributed by atoms with Gasteiger partial charge in [-0.3, -0.25) is 0 Å². The van der Waals surface area contributed by atoms with E-state index in [0.717, 1.165) is 13.0 Å². The van der Waals surface area contributed by atoms with Crippen LogP contribution in [0.25, 0.3) is 0 Å². The van der Waals surface area contributed by atoms with Crippen molar-refractivity contribution in [2.24, 2.45) is 0 Å². The highest BCUT2D eigenvalue weighted by atomic mass is 16.3. The molecule has 2 rings (SSSR count). The third-order valence-corrected chi connectivity index (χ3v) is 3.14. The average Bonchev–Trinajstić information content (AvgIpc) is 2.91. The summed E-state index contributed by atoms with van der Waals surface area (Å²) in [5.41, 5.74) is 3.88. The second kappa shape index (κ2) is 6.41. The van der Waals surface area contributed by atoms with Crippen LogP contribution in [0.2, 0.25) is 0 Å². The average molecular weight is 243 g/mol. The van der Waals surface area contributed by atoms with Crippen molar-refractivity contribution in [2.45, 2.75) is 32.7 Å². The Morgan fingerprint density at radius 2 is 1.83 bits per heavy atom. The Hall–Kier alpha value is -1.54. The summed E-state index contributed by atoms with van der Waals surface area (Å²) in [5, 5.41) is 3.49. The van der Waals surface area contributed by atoms with Crippen LogP contribution in [0.3, 0.4) is 0 Å². The molecule has 96 valence electrons. The van der Waals surface area contributed by atoms with Gasteiger partial charge in [0.15, 0.2) is 0 Å². The predicted molar refractivity (Wildman–Crippen MR) is 74.7 cm³/mol. The van der Waals surface area contributed by atoms with Gasteiger partial charge >= 0.3 is 0 Å². The minimum atomic E-state index is 0.226. The van der Waals surface area contributed by atoms with E-state index in [1.807, 2.05) is 12.3 Å². The van der Waals surface area contributed by atoms with Crippen LogP contribution in [0, 0.1) is 0 Å². The molecule has 0 radical (unpaired) electrons. The van der Waals surface area contributed by atoms with Crippen LogP contribution in [-0.2, 0) is 6.42 Å². The molecule has 2 heteroatoms. The molecule has 2 nitrogen and oxygen atoms in total. The summed E-state index contributed by atoms with van der Waals surface area (Å²) in [6.45, 7) is 5.27. The highest BCUT2D eigenvalue weighted by Gasteiger charge is 2.13. The van der Waals surface area contributed by atoms with E-state index < -0.39 is 0 Å². The molecule has 0 saturated heterocycles. The summed E-state index contributed by atoms with van der Waals surface area (Å²) in [6, 6.07) is 11.1. The van der Waals surface area contributed by atoms with E-state index in [1.54, 1.807) is 6.26 Å². The van der Waals surface area contributed by atoms with Crippen molar-refractivity contribution in [3.8, 4) is 0 Å². The van der Waals surface area contributed by atoms with Crippen molar-refractivity contribution in [3.05, 3.63) is 59.5 Å². The predicted octanol–water partition coefficient (Wildman–Crippen LogP) is 3.93. The second-order valence-corrected chi connectivity index (χ2v) is 4.54. The highest BCUT2D eigenvalue weighted by Crippen LogP contribution is 2.23. The zero-order chi connectivity index (χ0) is 12.8. The van der Waals surface area contributed by atoms with Gasteiger partial charge in [-0.25, -0.2) is 0 Å². The van der Waals surface area contributed by atoms with Crippen LogP contribution in [-0.4, -0.2) is 6.54 Å². The monoisotopic (exact) mass is 243 g/mol. The zero-order valence-corrected chi connectivity index (χ0v) is 11.1. The van der Waals surface area contributed by atoms with E-state index in [2.05, 4.69) is 43.4 Å². The van der Waals surface area contributed by atoms with Gasteiger partial charge in [-0.05, 0) is 30.2 Å². The van der Waals surface area contributed by atoms with Crippen molar-refractivity contribution >= 4 is 0 Å². The Balaban J connectivity index is 2.20. The molecule has 0 aliphatic carbocycles. The maximum absolute atomic E-state index is 5.19. The van der Waals surface area contributed by atoms with Crippen LogP contribution in [0.4, 0.5) is 0 Å². The Labute approximate surface area is 109 Å². The number of rotatable bonds is 6. The highest BCUT2D eigenvalue weighted by molar-refractivity contribution is 5.32. The SMILES string of the molecule is CCCc1ccc(C(NCC)c2ccoc2)cc1. The number of furan rings is 1. The fourth-order valence-corrected chi connectivity index (χ4v) is 2.24. The molecule has 0 aliphatic heterocycles. The lowest BCUT2D eigenvalue weighted by Crippen LogP contribution is -2.21. The lowest BCUT2D eigenvalue weighted by atomic mass is 9.99. The van der Waals surface area contributed by atoms with Crippen LogP contribution in [0.15, 0.2) is 47.3 Å². The van der Waals surface area contributed by atoms with Gasteiger partial charge < -0.3 is 9.73 Å². The van der Waals surface area contributed by atoms with Crippen LogP contribution >= 0.6 is 0 Å². The zero-order valence-electron chi connectivity index (χ0n) is 11.1. The number of hydrogen-bond donors (Lipinski definition) is 1. The molecule has 1 N–H and O–H groups in total. The Morgan fingerprint density at radius 1 is 1.06 bits per heavy atom. The van der Waals surface area contributed by atoms with Crippen molar-refractivity contribution in [2.75, 3.05) is 6.54 Å². The van der Waals surface area contributed by atoms with E-state index in [4.69, 9.17) is 4.42 Å². The van der Waals surface area contributed by atoms with E-state index in [9.17, 15) is 0 Å². The summed E-state index contributed by atoms with van der Waals surface area (Å²) in [5.74, 6) is 0. The number of benzene rings is 1. The molecule has 0 fully saturated rings. The second-order valence-electron chi connectivity index (χ2n) is 4.54. The lowest BCUT2D eigenvalue weighted by Gasteiger charge is -2.17. The maximum Gasteiger partial charge on any atom is 0.0953 e. The molecule has 1 unspecified atom stereocenters. The van der Waals surface area contributed by atoms with Gasteiger partial charge in [0.25, 0.3) is 0 Å². The van der Waals surface area contributed by atoms with E-state index >= 15 is 0 Å². The first-order chi connectivity index (χ1) is 8.85. The molecule has 0 saturated carbocycles. The lowest BCUT2D eigenvalue weighted by molar-refractivity contribution is 0.553. The summed E-state index contributed by atoms with van der Waals surface area (Å²) in [6.07, 6.45) is 5.88. The van der Waals surface area contributed by atoms with Gasteiger partial charge in [0.2, 0.25) is 0 Å². The largest absolute Gasteiger partial charge is 0.472 e. The molecule has 0 bridgehead atoms. The summed E-state index contributed by atoms with van der Waals surface area (Å²) in [7, 11) is 0. The third kappa shape index (κ3) is 3.02. The molecule has 2 aromatic rings. The molecule has 0 spiro atoms. The Kier molecular flexibility index (Phi) is 4.59. The Bertz CT molecular complexity index is 444. The molecule has 0 amide bonds. The van der Waals surface area contributed by atoms with Gasteiger partial charge in [0, 0.05) is 5.56 Å². The van der Waals surface area contributed by atoms with E-state index in [-0.39, 0.29) is 6.04 Å². The molecule has 1 aromatic carbocycles. The smallest absolute Gasteiger partial charge is 0.0953 e. The van der Waals surface area contributed by atoms with E-state index in [0.29, 0.717) is 0 Å². The standard InChI is InChI=1S/C16H21NO/c1-3-5-13-6-8-14(9-7-13)16(17-4-2)15-10-11-18-12-15/h6-12,16-17H,3-5H2,1-2H3. The molecule has 1 aromatic heterocycles. The van der Waals surface area contributed by atoms with Crippen molar-refractivity contribution < 1.29 is 4.42 Å². The Morgan fingerprint density at radius 3 is 2.39 bits per heavy atom. The molecule has 18 heavy (non-hydrogen) atoms. The van der Waals surface area contributed by atoms with Gasteiger partial charge in [0.05, 0.1) is 18.6 Å². The van der Waals surface area contributed by atoms with Crippen molar-refractivity contribution in [1.82, 2.24) is 5.32 Å². The fourth-order valence-electron chi connectivity index (χ4n) is 2.24. The molecule has 1 atom stereocenters. The van der Waals surface area contributed by atoms with Crippen molar-refractivity contribution in [3.63, 3.8) is 0 Å². The quantitative estimate of drug-likeness (QED) is 0.831. The van der Waals surface area contributed by atoms with Gasteiger partial charge in [-0.15, -0.1) is 0 Å².